The van der Waals surface area contributed by atoms with Gasteiger partial charge in [-0.15, -0.1) is 0 Å². The standard InChI is InChI=1S/C13H20BrN3O3/c1-15(11(18)6-4-5-7-14)8-10-9-16(2)13(20)17(3)12(10)19/h9H,4-8H2,1-3H3. The summed E-state index contributed by atoms with van der Waals surface area (Å²) in [7, 11) is 4.69. The zero-order chi connectivity index (χ0) is 15.3. The number of unbranched alkanes of at least 4 members (excludes halogenated alkanes) is 1. The zero-order valence-electron chi connectivity index (χ0n) is 12.1. The summed E-state index contributed by atoms with van der Waals surface area (Å²) in [4.78, 5) is 37.0. The molecule has 1 aromatic rings. The van der Waals surface area contributed by atoms with Crippen molar-refractivity contribution < 1.29 is 4.79 Å². The van der Waals surface area contributed by atoms with Crippen molar-refractivity contribution in [3.8, 4) is 0 Å². The molecule has 0 unspecified atom stereocenters. The smallest absolute Gasteiger partial charge is 0.330 e. The molecule has 0 fully saturated rings. The molecule has 20 heavy (non-hydrogen) atoms. The van der Waals surface area contributed by atoms with Gasteiger partial charge in [0.15, 0.2) is 0 Å². The normalized spacial score (nSPS) is 10.6. The van der Waals surface area contributed by atoms with Crippen LogP contribution >= 0.6 is 15.9 Å². The Labute approximate surface area is 126 Å². The number of aromatic nitrogens is 2. The molecule has 6 nitrogen and oxygen atoms in total. The van der Waals surface area contributed by atoms with Gasteiger partial charge in [0.1, 0.15) is 0 Å². The molecule has 0 aromatic carbocycles. The molecule has 1 aromatic heterocycles. The van der Waals surface area contributed by atoms with Crippen LogP contribution in [0.2, 0.25) is 0 Å². The second-order valence-corrected chi connectivity index (χ2v) is 5.60. The molecule has 0 atom stereocenters. The Morgan fingerprint density at radius 2 is 1.95 bits per heavy atom. The number of aryl methyl sites for hydroxylation is 1. The van der Waals surface area contributed by atoms with Crippen LogP contribution in [-0.4, -0.2) is 32.3 Å². The lowest BCUT2D eigenvalue weighted by atomic mass is 10.2. The third-order valence-corrected chi connectivity index (χ3v) is 3.69. The fraction of sp³-hybridized carbons (Fsp3) is 0.615. The van der Waals surface area contributed by atoms with Gasteiger partial charge < -0.3 is 9.47 Å². The Bertz CT molecular complexity index is 592. The monoisotopic (exact) mass is 345 g/mol. The second kappa shape index (κ2) is 7.42. The van der Waals surface area contributed by atoms with Crippen molar-refractivity contribution >= 4 is 21.8 Å². The highest BCUT2D eigenvalue weighted by Crippen LogP contribution is 2.04. The molecule has 1 rings (SSSR count). The van der Waals surface area contributed by atoms with Crippen LogP contribution in [0.5, 0.6) is 0 Å². The number of alkyl halides is 1. The van der Waals surface area contributed by atoms with Crippen molar-refractivity contribution in [2.24, 2.45) is 14.1 Å². The van der Waals surface area contributed by atoms with E-state index in [0.717, 1.165) is 22.7 Å². The van der Waals surface area contributed by atoms with Gasteiger partial charge >= 0.3 is 5.69 Å². The van der Waals surface area contributed by atoms with E-state index in [-0.39, 0.29) is 23.7 Å². The Balaban J connectivity index is 2.81. The average Bonchev–Trinajstić information content (AvgIpc) is 2.42. The van der Waals surface area contributed by atoms with Crippen LogP contribution in [0.15, 0.2) is 15.8 Å². The lowest BCUT2D eigenvalue weighted by Gasteiger charge is -2.17. The van der Waals surface area contributed by atoms with Gasteiger partial charge in [0.05, 0.1) is 12.1 Å². The highest BCUT2D eigenvalue weighted by molar-refractivity contribution is 9.09. The summed E-state index contributed by atoms with van der Waals surface area (Å²) in [5.74, 6) is 0.00172. The summed E-state index contributed by atoms with van der Waals surface area (Å²) in [5.41, 5.74) is -0.288. The van der Waals surface area contributed by atoms with Crippen LogP contribution in [-0.2, 0) is 25.4 Å². The quantitative estimate of drug-likeness (QED) is 0.560. The maximum Gasteiger partial charge on any atom is 0.330 e. The van der Waals surface area contributed by atoms with E-state index in [2.05, 4.69) is 15.9 Å². The van der Waals surface area contributed by atoms with E-state index >= 15 is 0 Å². The number of carbonyl (C=O) groups excluding carboxylic acids is 1. The first-order valence-corrected chi connectivity index (χ1v) is 7.56. The molecule has 0 radical (unpaired) electrons. The molecule has 0 saturated heterocycles. The van der Waals surface area contributed by atoms with Crippen LogP contribution < -0.4 is 11.2 Å². The van der Waals surface area contributed by atoms with Crippen molar-refractivity contribution in [2.45, 2.75) is 25.8 Å². The van der Waals surface area contributed by atoms with Gasteiger partial charge in [-0.1, -0.05) is 15.9 Å². The second-order valence-electron chi connectivity index (χ2n) is 4.81. The highest BCUT2D eigenvalue weighted by Gasteiger charge is 2.13. The van der Waals surface area contributed by atoms with Crippen LogP contribution in [0.3, 0.4) is 0 Å². The minimum Gasteiger partial charge on any atom is -0.341 e. The van der Waals surface area contributed by atoms with E-state index in [1.165, 1.54) is 22.7 Å². The van der Waals surface area contributed by atoms with Gasteiger partial charge in [0, 0.05) is 39.1 Å². The molecule has 0 bridgehead atoms. The fourth-order valence-corrected chi connectivity index (χ4v) is 2.29. The van der Waals surface area contributed by atoms with Crippen molar-refractivity contribution in [3.63, 3.8) is 0 Å². The number of amides is 1. The Morgan fingerprint density at radius 3 is 2.55 bits per heavy atom. The molecular formula is C13H20BrN3O3. The average molecular weight is 346 g/mol. The molecule has 0 aliphatic carbocycles. The van der Waals surface area contributed by atoms with Gasteiger partial charge in [-0.2, -0.15) is 0 Å². The highest BCUT2D eigenvalue weighted by atomic mass is 79.9. The fourth-order valence-electron chi connectivity index (χ4n) is 1.90. The predicted molar refractivity (Wildman–Crippen MR) is 81.0 cm³/mol. The minimum atomic E-state index is -0.370. The van der Waals surface area contributed by atoms with Crippen LogP contribution in [0, 0.1) is 0 Å². The Hall–Kier alpha value is -1.37. The van der Waals surface area contributed by atoms with Gasteiger partial charge in [0.25, 0.3) is 5.56 Å². The Kier molecular flexibility index (Phi) is 6.19. The molecule has 0 saturated carbocycles. The molecule has 112 valence electrons. The molecule has 0 spiro atoms. The molecular weight excluding hydrogens is 326 g/mol. The Morgan fingerprint density at radius 1 is 1.30 bits per heavy atom. The van der Waals surface area contributed by atoms with Crippen molar-refractivity contribution in [3.05, 3.63) is 32.6 Å². The van der Waals surface area contributed by atoms with E-state index in [1.54, 1.807) is 14.1 Å². The van der Waals surface area contributed by atoms with Crippen LogP contribution in [0.4, 0.5) is 0 Å². The molecule has 0 aliphatic heterocycles. The van der Waals surface area contributed by atoms with Gasteiger partial charge in [-0.3, -0.25) is 14.2 Å². The molecule has 0 aliphatic rings. The number of rotatable bonds is 6. The number of hydrogen-bond donors (Lipinski definition) is 0. The summed E-state index contributed by atoms with van der Waals surface area (Å²) < 4.78 is 2.40. The van der Waals surface area contributed by atoms with E-state index < -0.39 is 0 Å². The third-order valence-electron chi connectivity index (χ3n) is 3.13. The summed E-state index contributed by atoms with van der Waals surface area (Å²) in [5, 5.41) is 0.880. The van der Waals surface area contributed by atoms with Gasteiger partial charge in [-0.25, -0.2) is 4.79 Å². The van der Waals surface area contributed by atoms with Crippen molar-refractivity contribution in [2.75, 3.05) is 12.4 Å². The number of halogens is 1. The van der Waals surface area contributed by atoms with Crippen molar-refractivity contribution in [1.82, 2.24) is 14.0 Å². The first kappa shape index (κ1) is 16.7. The zero-order valence-corrected chi connectivity index (χ0v) is 13.6. The van der Waals surface area contributed by atoms with Crippen molar-refractivity contribution in [1.29, 1.82) is 0 Å². The first-order valence-electron chi connectivity index (χ1n) is 6.44. The molecule has 1 heterocycles. The SMILES string of the molecule is CN(Cc1cn(C)c(=O)n(C)c1=O)C(=O)CCCCBr. The van der Waals surface area contributed by atoms with E-state index in [0.29, 0.717) is 12.0 Å². The molecule has 0 N–H and O–H groups in total. The third kappa shape index (κ3) is 4.06. The van der Waals surface area contributed by atoms with E-state index in [9.17, 15) is 14.4 Å². The molecule has 1 amide bonds. The number of hydrogen-bond acceptors (Lipinski definition) is 3. The minimum absolute atomic E-state index is 0.00172. The maximum absolute atomic E-state index is 12.0. The lowest BCUT2D eigenvalue weighted by molar-refractivity contribution is -0.130. The van der Waals surface area contributed by atoms with Gasteiger partial charge in [0.2, 0.25) is 5.91 Å². The maximum atomic E-state index is 12.0. The number of carbonyl (C=O) groups is 1. The molecule has 7 heteroatoms. The van der Waals surface area contributed by atoms with Crippen LogP contribution in [0.25, 0.3) is 0 Å². The topological polar surface area (TPSA) is 64.3 Å². The predicted octanol–water partition coefficient (Wildman–Crippen LogP) is 0.608. The largest absolute Gasteiger partial charge is 0.341 e. The first-order chi connectivity index (χ1) is 9.38. The van der Waals surface area contributed by atoms with E-state index in [4.69, 9.17) is 0 Å². The summed E-state index contributed by atoms with van der Waals surface area (Å²) in [6, 6.07) is 0. The lowest BCUT2D eigenvalue weighted by Crippen LogP contribution is -2.40. The van der Waals surface area contributed by atoms with Crippen LogP contribution in [0.1, 0.15) is 24.8 Å². The summed E-state index contributed by atoms with van der Waals surface area (Å²) in [6.07, 6.45) is 3.72. The summed E-state index contributed by atoms with van der Waals surface area (Å²) >= 11 is 3.32. The number of nitrogens with zero attached hydrogens (tertiary/aromatic N) is 3. The van der Waals surface area contributed by atoms with E-state index in [1.807, 2.05) is 0 Å². The van der Waals surface area contributed by atoms with Gasteiger partial charge in [-0.05, 0) is 12.8 Å². The summed E-state index contributed by atoms with van der Waals surface area (Å²) in [6.45, 7) is 0.216.